The minimum atomic E-state index is -0.409. The third-order valence-electron chi connectivity index (χ3n) is 11.2. The first-order valence-corrected chi connectivity index (χ1v) is 18.1. The van der Waals surface area contributed by atoms with Gasteiger partial charge in [-0.15, -0.1) is 0 Å². The molecule has 0 saturated heterocycles. The fourth-order valence-electron chi connectivity index (χ4n) is 8.86. The fraction of sp³-hybridized carbons (Fsp3) is 0.0816. The Balaban J connectivity index is 1.25. The molecular weight excluding hydrogens is 631 g/mol. The molecule has 8 aromatic rings. The van der Waals surface area contributed by atoms with Gasteiger partial charge in [0.2, 0.25) is 0 Å². The van der Waals surface area contributed by atoms with E-state index in [9.17, 15) is 0 Å². The van der Waals surface area contributed by atoms with Crippen LogP contribution in [0.1, 0.15) is 23.6 Å². The summed E-state index contributed by atoms with van der Waals surface area (Å²) in [7, 11) is 0. The number of hydrogen-bond acceptors (Lipinski definition) is 3. The Morgan fingerprint density at radius 1 is 0.442 bits per heavy atom. The highest BCUT2D eigenvalue weighted by atomic mass is 15.0. The molecule has 0 aliphatic heterocycles. The summed E-state index contributed by atoms with van der Waals surface area (Å²) < 4.78 is 0. The number of rotatable bonds is 5. The van der Waals surface area contributed by atoms with Crippen molar-refractivity contribution in [3.63, 3.8) is 0 Å². The molecule has 2 aliphatic carbocycles. The Morgan fingerprint density at radius 2 is 0.981 bits per heavy atom. The first kappa shape index (κ1) is 30.4. The van der Waals surface area contributed by atoms with Gasteiger partial charge in [-0.2, -0.15) is 0 Å². The minimum absolute atomic E-state index is 0.202. The highest BCUT2D eigenvalue weighted by molar-refractivity contribution is 5.97. The fourth-order valence-corrected chi connectivity index (χ4v) is 8.86. The van der Waals surface area contributed by atoms with E-state index < -0.39 is 5.41 Å². The Kier molecular flexibility index (Phi) is 7.07. The molecule has 0 amide bonds. The molecule has 3 heteroatoms. The Labute approximate surface area is 303 Å². The predicted octanol–water partition coefficient (Wildman–Crippen LogP) is 11.9. The lowest BCUT2D eigenvalue weighted by Gasteiger charge is -2.42. The van der Waals surface area contributed by atoms with Crippen LogP contribution in [0.5, 0.6) is 0 Å². The van der Waals surface area contributed by atoms with Crippen LogP contribution in [-0.4, -0.2) is 15.0 Å². The molecule has 0 N–H and O–H groups in total. The standard InChI is InChI=1S/C49H35N3/c1-32-15-5-11-27-43(32)49(36-20-3-2-4-21-36)44-28-12-10-24-39(44)40-30-29-35(31-45(40)49)46-50-47(41-25-13-18-33-16-6-8-22-37(33)41)52-48(51-46)42-26-14-19-34-17-7-9-23-38(34)42/h2-32,43H,1H3. The molecule has 10 rings (SSSR count). The molecule has 0 saturated carbocycles. The normalized spacial score (nSPS) is 18.8. The van der Waals surface area contributed by atoms with E-state index in [0.29, 0.717) is 23.4 Å². The van der Waals surface area contributed by atoms with Crippen molar-refractivity contribution in [3.05, 3.63) is 199 Å². The van der Waals surface area contributed by atoms with Gasteiger partial charge in [-0.1, -0.05) is 183 Å². The van der Waals surface area contributed by atoms with Crippen LogP contribution >= 0.6 is 0 Å². The van der Waals surface area contributed by atoms with Crippen LogP contribution in [0.3, 0.4) is 0 Å². The number of allylic oxidation sites excluding steroid dienone is 4. The zero-order valence-electron chi connectivity index (χ0n) is 28.8. The maximum absolute atomic E-state index is 5.30. The van der Waals surface area contributed by atoms with Gasteiger partial charge >= 0.3 is 0 Å². The minimum Gasteiger partial charge on any atom is -0.208 e. The molecule has 0 fully saturated rings. The first-order chi connectivity index (χ1) is 25.7. The molecule has 246 valence electrons. The average molecular weight is 666 g/mol. The van der Waals surface area contributed by atoms with Gasteiger partial charge in [0.15, 0.2) is 17.5 Å². The average Bonchev–Trinajstić information content (AvgIpc) is 3.51. The molecule has 3 atom stereocenters. The molecule has 0 radical (unpaired) electrons. The van der Waals surface area contributed by atoms with Gasteiger partial charge in [-0.05, 0) is 61.3 Å². The lowest BCUT2D eigenvalue weighted by molar-refractivity contribution is 0.374. The van der Waals surface area contributed by atoms with Crippen LogP contribution < -0.4 is 0 Å². The zero-order valence-corrected chi connectivity index (χ0v) is 28.8. The van der Waals surface area contributed by atoms with Gasteiger partial charge in [-0.3, -0.25) is 0 Å². The van der Waals surface area contributed by atoms with Gasteiger partial charge < -0.3 is 0 Å². The van der Waals surface area contributed by atoms with Crippen molar-refractivity contribution in [1.82, 2.24) is 15.0 Å². The van der Waals surface area contributed by atoms with Crippen LogP contribution in [0.4, 0.5) is 0 Å². The first-order valence-electron chi connectivity index (χ1n) is 18.1. The molecular formula is C49H35N3. The van der Waals surface area contributed by atoms with Gasteiger partial charge in [0.1, 0.15) is 0 Å². The third-order valence-corrected chi connectivity index (χ3v) is 11.2. The summed E-state index contributed by atoms with van der Waals surface area (Å²) >= 11 is 0. The number of aromatic nitrogens is 3. The second kappa shape index (κ2) is 12.1. The smallest absolute Gasteiger partial charge is 0.164 e. The van der Waals surface area contributed by atoms with Crippen molar-refractivity contribution in [3.8, 4) is 45.3 Å². The van der Waals surface area contributed by atoms with E-state index in [0.717, 1.165) is 38.2 Å². The molecule has 7 aromatic carbocycles. The van der Waals surface area contributed by atoms with E-state index in [1.807, 2.05) is 0 Å². The molecule has 0 bridgehead atoms. The number of fused-ring (bicyclic) bond motifs is 5. The summed E-state index contributed by atoms with van der Waals surface area (Å²) in [5, 5.41) is 4.54. The van der Waals surface area contributed by atoms with Crippen LogP contribution in [-0.2, 0) is 5.41 Å². The lowest BCUT2D eigenvalue weighted by atomic mass is 9.59. The maximum Gasteiger partial charge on any atom is 0.164 e. The highest BCUT2D eigenvalue weighted by Gasteiger charge is 2.50. The predicted molar refractivity (Wildman–Crippen MR) is 214 cm³/mol. The van der Waals surface area contributed by atoms with E-state index in [2.05, 4.69) is 189 Å². The zero-order chi connectivity index (χ0) is 34.6. The third kappa shape index (κ3) is 4.63. The quantitative estimate of drug-likeness (QED) is 0.184. The number of hydrogen-bond donors (Lipinski definition) is 0. The van der Waals surface area contributed by atoms with Crippen LogP contribution in [0, 0.1) is 11.8 Å². The number of nitrogens with zero attached hydrogens (tertiary/aromatic N) is 3. The topological polar surface area (TPSA) is 38.7 Å². The summed E-state index contributed by atoms with van der Waals surface area (Å²) in [6.45, 7) is 2.35. The van der Waals surface area contributed by atoms with Gasteiger partial charge in [-0.25, -0.2) is 15.0 Å². The van der Waals surface area contributed by atoms with E-state index >= 15 is 0 Å². The van der Waals surface area contributed by atoms with Crippen molar-refractivity contribution in [2.24, 2.45) is 11.8 Å². The van der Waals surface area contributed by atoms with Crippen LogP contribution in [0.15, 0.2) is 182 Å². The highest BCUT2D eigenvalue weighted by Crippen LogP contribution is 2.59. The Morgan fingerprint density at radius 3 is 1.67 bits per heavy atom. The molecule has 1 aromatic heterocycles. The summed E-state index contributed by atoms with van der Waals surface area (Å²) in [4.78, 5) is 15.8. The van der Waals surface area contributed by atoms with Crippen molar-refractivity contribution in [2.45, 2.75) is 12.3 Å². The van der Waals surface area contributed by atoms with Crippen molar-refractivity contribution in [1.29, 1.82) is 0 Å². The molecule has 3 unspecified atom stereocenters. The summed E-state index contributed by atoms with van der Waals surface area (Å²) in [5.41, 5.74) is 9.00. The summed E-state index contributed by atoms with van der Waals surface area (Å²) in [6, 6.07) is 56.5. The molecule has 52 heavy (non-hydrogen) atoms. The largest absolute Gasteiger partial charge is 0.208 e. The van der Waals surface area contributed by atoms with E-state index in [1.165, 1.54) is 27.8 Å². The van der Waals surface area contributed by atoms with Crippen molar-refractivity contribution >= 4 is 21.5 Å². The monoisotopic (exact) mass is 665 g/mol. The number of benzene rings is 7. The van der Waals surface area contributed by atoms with E-state index in [-0.39, 0.29) is 5.92 Å². The van der Waals surface area contributed by atoms with Crippen LogP contribution in [0.2, 0.25) is 0 Å². The van der Waals surface area contributed by atoms with Crippen molar-refractivity contribution in [2.75, 3.05) is 0 Å². The second-order valence-corrected chi connectivity index (χ2v) is 14.0. The Hall–Kier alpha value is -6.45. The SMILES string of the molecule is CC1C=CC=CC1C1(c2ccccc2)c2ccccc2-c2ccc(-c3nc(-c4cccc5ccccc45)nc(-c4cccc5ccccc45)n3)cc21. The molecule has 3 nitrogen and oxygen atoms in total. The second-order valence-electron chi connectivity index (χ2n) is 14.0. The molecule has 0 spiro atoms. The summed E-state index contributed by atoms with van der Waals surface area (Å²) in [5.74, 6) is 2.51. The van der Waals surface area contributed by atoms with Gasteiger partial charge in [0, 0.05) is 22.6 Å². The van der Waals surface area contributed by atoms with Gasteiger partial charge in [0.25, 0.3) is 0 Å². The van der Waals surface area contributed by atoms with Crippen molar-refractivity contribution < 1.29 is 0 Å². The van der Waals surface area contributed by atoms with E-state index in [4.69, 9.17) is 15.0 Å². The van der Waals surface area contributed by atoms with E-state index in [1.54, 1.807) is 0 Å². The lowest BCUT2D eigenvalue weighted by Crippen LogP contribution is -2.38. The maximum atomic E-state index is 5.30. The molecule has 2 aliphatic rings. The van der Waals surface area contributed by atoms with Crippen LogP contribution in [0.25, 0.3) is 66.8 Å². The Bertz CT molecular complexity index is 2620. The molecule has 1 heterocycles. The summed E-state index contributed by atoms with van der Waals surface area (Å²) in [6.07, 6.45) is 9.17. The van der Waals surface area contributed by atoms with Gasteiger partial charge in [0.05, 0.1) is 5.41 Å².